The van der Waals surface area contributed by atoms with E-state index in [0.717, 1.165) is 5.69 Å². The van der Waals surface area contributed by atoms with E-state index in [1.54, 1.807) is 30.1 Å². The van der Waals surface area contributed by atoms with Gasteiger partial charge in [-0.15, -0.1) is 0 Å². The van der Waals surface area contributed by atoms with E-state index in [0.29, 0.717) is 33.1 Å². The molecule has 1 amide bonds. The summed E-state index contributed by atoms with van der Waals surface area (Å²) in [6, 6.07) is 8.11. The number of halogens is 3. The first-order valence-electron chi connectivity index (χ1n) is 7.55. The molecule has 3 rings (SSSR count). The van der Waals surface area contributed by atoms with Crippen molar-refractivity contribution in [3.8, 4) is 5.75 Å². The van der Waals surface area contributed by atoms with Crippen LogP contribution >= 0.6 is 34.8 Å². The Morgan fingerprint density at radius 1 is 1.23 bits per heavy atom. The number of nitrogens with zero attached hydrogens (tertiary/aromatic N) is 2. The molecule has 136 valence electrons. The molecule has 6 nitrogen and oxygen atoms in total. The highest BCUT2D eigenvalue weighted by Gasteiger charge is 2.14. The van der Waals surface area contributed by atoms with Crippen LogP contribution < -0.4 is 10.1 Å². The molecule has 0 aliphatic carbocycles. The Balaban J connectivity index is 1.59. The van der Waals surface area contributed by atoms with Gasteiger partial charge < -0.3 is 14.5 Å². The van der Waals surface area contributed by atoms with Crippen molar-refractivity contribution in [1.82, 2.24) is 15.1 Å². The number of benzene rings is 1. The molecular weight excluding hydrogens is 401 g/mol. The number of aromatic nitrogens is 2. The van der Waals surface area contributed by atoms with Gasteiger partial charge in [0.2, 0.25) is 0 Å². The largest absolute Gasteiger partial charge is 0.483 e. The number of furan rings is 1. The predicted octanol–water partition coefficient (Wildman–Crippen LogP) is 4.48. The molecule has 26 heavy (non-hydrogen) atoms. The van der Waals surface area contributed by atoms with Crippen molar-refractivity contribution in [2.45, 2.75) is 13.2 Å². The maximum Gasteiger partial charge on any atom is 0.287 e. The smallest absolute Gasteiger partial charge is 0.287 e. The van der Waals surface area contributed by atoms with Crippen LogP contribution in [-0.4, -0.2) is 15.7 Å². The van der Waals surface area contributed by atoms with E-state index in [1.165, 1.54) is 12.1 Å². The molecule has 2 heterocycles. The Kier molecular flexibility index (Phi) is 5.76. The van der Waals surface area contributed by atoms with Crippen LogP contribution in [0.3, 0.4) is 0 Å². The number of aryl methyl sites for hydroxylation is 1. The van der Waals surface area contributed by atoms with Crippen molar-refractivity contribution in [1.29, 1.82) is 0 Å². The van der Waals surface area contributed by atoms with Gasteiger partial charge in [-0.2, -0.15) is 5.10 Å². The lowest BCUT2D eigenvalue weighted by molar-refractivity contribution is 0.0918. The summed E-state index contributed by atoms with van der Waals surface area (Å²) < 4.78 is 12.8. The molecule has 0 fully saturated rings. The van der Waals surface area contributed by atoms with Gasteiger partial charge in [0, 0.05) is 18.3 Å². The molecule has 0 spiro atoms. The highest BCUT2D eigenvalue weighted by Crippen LogP contribution is 2.36. The predicted molar refractivity (Wildman–Crippen MR) is 98.9 cm³/mol. The first-order valence-corrected chi connectivity index (χ1v) is 8.68. The van der Waals surface area contributed by atoms with Crippen molar-refractivity contribution in [2.24, 2.45) is 7.05 Å². The zero-order valence-electron chi connectivity index (χ0n) is 13.6. The van der Waals surface area contributed by atoms with Crippen molar-refractivity contribution in [3.05, 3.63) is 68.8 Å². The van der Waals surface area contributed by atoms with Crippen LogP contribution in [-0.2, 0) is 20.2 Å². The summed E-state index contributed by atoms with van der Waals surface area (Å²) in [4.78, 5) is 12.2. The van der Waals surface area contributed by atoms with Gasteiger partial charge in [-0.1, -0.05) is 34.8 Å². The third-order valence-electron chi connectivity index (χ3n) is 3.56. The van der Waals surface area contributed by atoms with E-state index < -0.39 is 0 Å². The number of nitrogens with one attached hydrogen (secondary N) is 1. The quantitative estimate of drug-likeness (QED) is 0.645. The van der Waals surface area contributed by atoms with Crippen molar-refractivity contribution >= 4 is 40.7 Å². The summed E-state index contributed by atoms with van der Waals surface area (Å²) in [6.07, 6.45) is 1.66. The Bertz CT molecular complexity index is 913. The highest BCUT2D eigenvalue weighted by molar-refractivity contribution is 6.40. The molecule has 0 atom stereocenters. The van der Waals surface area contributed by atoms with E-state index >= 15 is 0 Å². The molecule has 1 aromatic carbocycles. The summed E-state index contributed by atoms with van der Waals surface area (Å²) in [5.74, 6) is 0.605. The van der Waals surface area contributed by atoms with Gasteiger partial charge in [0.05, 0.1) is 22.3 Å². The molecule has 0 saturated carbocycles. The average Bonchev–Trinajstić information content (AvgIpc) is 3.21. The number of carbonyl (C=O) groups excluding carboxylic acids is 1. The molecule has 2 aromatic heterocycles. The molecule has 0 unspecified atom stereocenters. The van der Waals surface area contributed by atoms with Gasteiger partial charge in [0.25, 0.3) is 5.91 Å². The minimum Gasteiger partial charge on any atom is -0.483 e. The van der Waals surface area contributed by atoms with Gasteiger partial charge in [-0.25, -0.2) is 0 Å². The van der Waals surface area contributed by atoms with Gasteiger partial charge in [0.1, 0.15) is 12.4 Å². The lowest BCUT2D eigenvalue weighted by Gasteiger charge is -2.09. The fraction of sp³-hybridized carbons (Fsp3) is 0.176. The third kappa shape index (κ3) is 4.33. The minimum absolute atomic E-state index is 0.0656. The van der Waals surface area contributed by atoms with Crippen LogP contribution in [0.5, 0.6) is 5.75 Å². The van der Waals surface area contributed by atoms with Crippen molar-refractivity contribution in [2.75, 3.05) is 0 Å². The highest BCUT2D eigenvalue weighted by atomic mass is 35.5. The lowest BCUT2D eigenvalue weighted by atomic mass is 10.3. The maximum absolute atomic E-state index is 12.2. The first kappa shape index (κ1) is 18.6. The fourth-order valence-corrected chi connectivity index (χ4v) is 3.15. The summed E-state index contributed by atoms with van der Waals surface area (Å²) >= 11 is 18.0. The number of ether oxygens (including phenoxy) is 1. The normalized spacial score (nSPS) is 10.8. The van der Waals surface area contributed by atoms with Gasteiger partial charge in [0.15, 0.2) is 11.5 Å². The van der Waals surface area contributed by atoms with Crippen molar-refractivity contribution in [3.63, 3.8) is 0 Å². The number of amides is 1. The van der Waals surface area contributed by atoms with E-state index in [4.69, 9.17) is 44.0 Å². The second kappa shape index (κ2) is 8.03. The standard InChI is InChI=1S/C17H14Cl3N3O3/c1-23-11(4-5-22-23)8-21-17(24)15-3-2-12(26-15)9-25-16-13(19)6-10(18)7-14(16)20/h2-7H,8-9H2,1H3,(H,21,24). The second-order valence-corrected chi connectivity index (χ2v) is 6.63. The molecule has 9 heteroatoms. The zero-order valence-corrected chi connectivity index (χ0v) is 15.9. The van der Waals surface area contributed by atoms with Crippen molar-refractivity contribution < 1.29 is 13.9 Å². The summed E-state index contributed by atoms with van der Waals surface area (Å²) in [5, 5.41) is 7.81. The van der Waals surface area contributed by atoms with Crippen LogP contribution in [0, 0.1) is 0 Å². The Hall–Kier alpha value is -2.15. The summed E-state index contributed by atoms with van der Waals surface area (Å²) in [6.45, 7) is 0.411. The molecular formula is C17H14Cl3N3O3. The number of hydrogen-bond donors (Lipinski definition) is 1. The van der Waals surface area contributed by atoms with E-state index in [9.17, 15) is 4.79 Å². The van der Waals surface area contributed by atoms with Gasteiger partial charge in [-0.05, 0) is 30.3 Å². The molecule has 0 saturated heterocycles. The first-order chi connectivity index (χ1) is 12.4. The van der Waals surface area contributed by atoms with Crippen LogP contribution in [0.4, 0.5) is 0 Å². The Morgan fingerprint density at radius 3 is 2.62 bits per heavy atom. The third-order valence-corrected chi connectivity index (χ3v) is 4.34. The zero-order chi connectivity index (χ0) is 18.7. The fourth-order valence-electron chi connectivity index (χ4n) is 2.22. The molecule has 0 bridgehead atoms. The Morgan fingerprint density at radius 2 is 1.96 bits per heavy atom. The van der Waals surface area contributed by atoms with Gasteiger partial charge in [-0.3, -0.25) is 9.48 Å². The van der Waals surface area contributed by atoms with Crippen LogP contribution in [0.15, 0.2) is 40.9 Å². The molecule has 0 radical (unpaired) electrons. The number of carbonyl (C=O) groups is 1. The lowest BCUT2D eigenvalue weighted by Crippen LogP contribution is -2.23. The minimum atomic E-state index is -0.333. The Labute approximate surface area is 164 Å². The van der Waals surface area contributed by atoms with E-state index in [1.807, 2.05) is 6.07 Å². The van der Waals surface area contributed by atoms with Crippen LogP contribution in [0.1, 0.15) is 22.0 Å². The molecule has 0 aliphatic heterocycles. The van der Waals surface area contributed by atoms with Gasteiger partial charge >= 0.3 is 0 Å². The second-order valence-electron chi connectivity index (χ2n) is 5.38. The molecule has 3 aromatic rings. The van der Waals surface area contributed by atoms with Crippen LogP contribution in [0.25, 0.3) is 0 Å². The average molecular weight is 415 g/mol. The van der Waals surface area contributed by atoms with E-state index in [2.05, 4.69) is 10.4 Å². The topological polar surface area (TPSA) is 69.3 Å². The number of hydrogen-bond acceptors (Lipinski definition) is 4. The molecule has 1 N–H and O–H groups in total. The SMILES string of the molecule is Cn1nccc1CNC(=O)c1ccc(COc2c(Cl)cc(Cl)cc2Cl)o1. The summed E-state index contributed by atoms with van der Waals surface area (Å²) in [5.41, 5.74) is 0.875. The van der Waals surface area contributed by atoms with E-state index in [-0.39, 0.29) is 18.3 Å². The van der Waals surface area contributed by atoms with Crippen LogP contribution in [0.2, 0.25) is 15.1 Å². The monoisotopic (exact) mass is 413 g/mol. The maximum atomic E-state index is 12.2. The molecule has 0 aliphatic rings. The summed E-state index contributed by atoms with van der Waals surface area (Å²) in [7, 11) is 1.80. The number of rotatable bonds is 6.